The van der Waals surface area contributed by atoms with Gasteiger partial charge in [0.05, 0.1) is 0 Å². The smallest absolute Gasteiger partial charge is 0.129 e. The fourth-order valence-corrected chi connectivity index (χ4v) is 1.24. The molecule has 60 valence electrons. The standard InChI is InChI=1S/C10H13F/c1-4-9-6-5-7(2)10(11)8(9)3/h5-6H,4H2,1-3H3. The Kier molecular flexibility index (Phi) is 2.28. The number of aryl methyl sites for hydroxylation is 2. The number of halogens is 1. The molecule has 0 saturated carbocycles. The molecule has 0 fully saturated rings. The second-order valence-corrected chi connectivity index (χ2v) is 2.83. The lowest BCUT2D eigenvalue weighted by Gasteiger charge is -2.05. The Bertz CT molecular complexity index is 264. The molecule has 1 heteroatoms. The Morgan fingerprint density at radius 2 is 1.91 bits per heavy atom. The van der Waals surface area contributed by atoms with Crippen molar-refractivity contribution >= 4 is 0 Å². The molecule has 1 rings (SSSR count). The first-order chi connectivity index (χ1) is 5.16. The van der Waals surface area contributed by atoms with E-state index >= 15 is 0 Å². The van der Waals surface area contributed by atoms with E-state index in [9.17, 15) is 4.39 Å². The number of hydrogen-bond donors (Lipinski definition) is 0. The van der Waals surface area contributed by atoms with Gasteiger partial charge in [0, 0.05) is 0 Å². The van der Waals surface area contributed by atoms with Gasteiger partial charge in [0.15, 0.2) is 0 Å². The van der Waals surface area contributed by atoms with Gasteiger partial charge in [-0.1, -0.05) is 19.1 Å². The average Bonchev–Trinajstić information content (AvgIpc) is 2.01. The molecule has 1 aromatic carbocycles. The molecule has 0 bridgehead atoms. The van der Waals surface area contributed by atoms with Crippen LogP contribution in [0.25, 0.3) is 0 Å². The lowest BCUT2D eigenvalue weighted by molar-refractivity contribution is 0.606. The summed E-state index contributed by atoms with van der Waals surface area (Å²) in [6.07, 6.45) is 0.906. The maximum absolute atomic E-state index is 13.2. The van der Waals surface area contributed by atoms with Crippen LogP contribution in [0.2, 0.25) is 0 Å². The van der Waals surface area contributed by atoms with Crippen LogP contribution in [-0.4, -0.2) is 0 Å². The molecule has 0 atom stereocenters. The van der Waals surface area contributed by atoms with Crippen molar-refractivity contribution in [1.29, 1.82) is 0 Å². The predicted octanol–water partition coefficient (Wildman–Crippen LogP) is 3.00. The normalized spacial score (nSPS) is 10.2. The molecular weight excluding hydrogens is 139 g/mol. The Morgan fingerprint density at radius 1 is 1.27 bits per heavy atom. The highest BCUT2D eigenvalue weighted by atomic mass is 19.1. The maximum atomic E-state index is 13.2. The van der Waals surface area contributed by atoms with E-state index in [1.165, 1.54) is 0 Å². The van der Waals surface area contributed by atoms with Crippen molar-refractivity contribution in [1.82, 2.24) is 0 Å². The Labute approximate surface area is 67.1 Å². The summed E-state index contributed by atoms with van der Waals surface area (Å²) >= 11 is 0. The van der Waals surface area contributed by atoms with Crippen LogP contribution in [-0.2, 0) is 6.42 Å². The monoisotopic (exact) mass is 152 g/mol. The van der Waals surface area contributed by atoms with Crippen molar-refractivity contribution in [3.63, 3.8) is 0 Å². The Hall–Kier alpha value is -0.850. The first kappa shape index (κ1) is 8.25. The lowest BCUT2D eigenvalue weighted by Crippen LogP contribution is -1.93. The fraction of sp³-hybridized carbons (Fsp3) is 0.400. The number of rotatable bonds is 1. The Morgan fingerprint density at radius 3 is 2.45 bits per heavy atom. The van der Waals surface area contributed by atoms with Gasteiger partial charge in [-0.15, -0.1) is 0 Å². The summed E-state index contributed by atoms with van der Waals surface area (Å²) in [5, 5.41) is 0. The second-order valence-electron chi connectivity index (χ2n) is 2.83. The summed E-state index contributed by atoms with van der Waals surface area (Å²) < 4.78 is 13.2. The van der Waals surface area contributed by atoms with Crippen molar-refractivity contribution in [2.75, 3.05) is 0 Å². The minimum Gasteiger partial charge on any atom is -0.206 e. The average molecular weight is 152 g/mol. The first-order valence-corrected chi connectivity index (χ1v) is 3.91. The molecule has 0 spiro atoms. The summed E-state index contributed by atoms with van der Waals surface area (Å²) in [4.78, 5) is 0. The first-order valence-electron chi connectivity index (χ1n) is 3.91. The largest absolute Gasteiger partial charge is 0.206 e. The van der Waals surface area contributed by atoms with Crippen LogP contribution in [0.3, 0.4) is 0 Å². The highest BCUT2D eigenvalue weighted by Crippen LogP contribution is 2.16. The summed E-state index contributed by atoms with van der Waals surface area (Å²) in [5.74, 6) is -0.0515. The molecule has 1 aromatic rings. The van der Waals surface area contributed by atoms with Gasteiger partial charge in [-0.3, -0.25) is 0 Å². The van der Waals surface area contributed by atoms with Gasteiger partial charge in [-0.25, -0.2) is 4.39 Å². The molecule has 0 radical (unpaired) electrons. The minimum atomic E-state index is -0.0515. The van der Waals surface area contributed by atoms with E-state index in [1.54, 1.807) is 6.92 Å². The van der Waals surface area contributed by atoms with Gasteiger partial charge in [0.2, 0.25) is 0 Å². The van der Waals surface area contributed by atoms with Gasteiger partial charge in [-0.2, -0.15) is 0 Å². The van der Waals surface area contributed by atoms with E-state index in [2.05, 4.69) is 0 Å². The highest BCUT2D eigenvalue weighted by Gasteiger charge is 2.03. The van der Waals surface area contributed by atoms with Crippen LogP contribution >= 0.6 is 0 Å². The van der Waals surface area contributed by atoms with Crippen LogP contribution in [0.5, 0.6) is 0 Å². The molecule has 0 unspecified atom stereocenters. The number of benzene rings is 1. The van der Waals surface area contributed by atoms with E-state index in [0.29, 0.717) is 0 Å². The third kappa shape index (κ3) is 1.42. The predicted molar refractivity (Wildman–Crippen MR) is 45.3 cm³/mol. The van der Waals surface area contributed by atoms with Gasteiger partial charge >= 0.3 is 0 Å². The molecule has 0 aliphatic carbocycles. The third-order valence-electron chi connectivity index (χ3n) is 2.07. The van der Waals surface area contributed by atoms with Crippen LogP contribution in [0.4, 0.5) is 4.39 Å². The second kappa shape index (κ2) is 3.04. The molecule has 0 nitrogen and oxygen atoms in total. The highest BCUT2D eigenvalue weighted by molar-refractivity contribution is 5.32. The summed E-state index contributed by atoms with van der Waals surface area (Å²) in [6.45, 7) is 5.67. The molecule has 11 heavy (non-hydrogen) atoms. The fourth-order valence-electron chi connectivity index (χ4n) is 1.24. The van der Waals surface area contributed by atoms with Gasteiger partial charge in [0.25, 0.3) is 0 Å². The van der Waals surface area contributed by atoms with Crippen LogP contribution < -0.4 is 0 Å². The molecule has 0 aliphatic rings. The third-order valence-corrected chi connectivity index (χ3v) is 2.07. The Balaban J connectivity index is 3.25. The van der Waals surface area contributed by atoms with E-state index in [0.717, 1.165) is 23.1 Å². The van der Waals surface area contributed by atoms with Crippen LogP contribution in [0.1, 0.15) is 23.6 Å². The summed E-state index contributed by atoms with van der Waals surface area (Å²) in [7, 11) is 0. The molecule has 0 aliphatic heterocycles. The SMILES string of the molecule is CCc1ccc(C)c(F)c1C. The topological polar surface area (TPSA) is 0 Å². The molecule has 0 heterocycles. The lowest BCUT2D eigenvalue weighted by atomic mass is 10.0. The molecule has 0 saturated heterocycles. The minimum absolute atomic E-state index is 0.0515. The molecule has 0 aromatic heterocycles. The van der Waals surface area contributed by atoms with Crippen molar-refractivity contribution in [2.24, 2.45) is 0 Å². The maximum Gasteiger partial charge on any atom is 0.129 e. The van der Waals surface area contributed by atoms with E-state index in [4.69, 9.17) is 0 Å². The van der Waals surface area contributed by atoms with E-state index in [-0.39, 0.29) is 5.82 Å². The number of hydrogen-bond acceptors (Lipinski definition) is 0. The van der Waals surface area contributed by atoms with Crippen molar-refractivity contribution in [2.45, 2.75) is 27.2 Å². The van der Waals surface area contributed by atoms with Gasteiger partial charge in [-0.05, 0) is 37.0 Å². The zero-order valence-electron chi connectivity index (χ0n) is 7.24. The van der Waals surface area contributed by atoms with Crippen molar-refractivity contribution in [3.05, 3.63) is 34.6 Å². The molecule has 0 N–H and O–H groups in total. The van der Waals surface area contributed by atoms with Crippen LogP contribution in [0, 0.1) is 19.7 Å². The zero-order valence-corrected chi connectivity index (χ0v) is 7.24. The summed E-state index contributed by atoms with van der Waals surface area (Å²) in [6, 6.07) is 3.83. The zero-order chi connectivity index (χ0) is 8.43. The van der Waals surface area contributed by atoms with E-state index in [1.807, 2.05) is 26.0 Å². The quantitative estimate of drug-likeness (QED) is 0.580. The van der Waals surface area contributed by atoms with Crippen molar-refractivity contribution < 1.29 is 4.39 Å². The van der Waals surface area contributed by atoms with E-state index < -0.39 is 0 Å². The van der Waals surface area contributed by atoms with Gasteiger partial charge in [0.1, 0.15) is 5.82 Å². The molecule has 0 amide bonds. The molecular formula is C10H13F. The van der Waals surface area contributed by atoms with Gasteiger partial charge < -0.3 is 0 Å². The summed E-state index contributed by atoms with van der Waals surface area (Å²) in [5.41, 5.74) is 2.64. The van der Waals surface area contributed by atoms with Crippen LogP contribution in [0.15, 0.2) is 12.1 Å². The van der Waals surface area contributed by atoms with Crippen molar-refractivity contribution in [3.8, 4) is 0 Å².